The number of rotatable bonds is 3. The van der Waals surface area contributed by atoms with Crippen LogP contribution in [-0.4, -0.2) is 28.0 Å². The minimum atomic E-state index is 0.135. The third-order valence-corrected chi connectivity index (χ3v) is 6.15. The minimum absolute atomic E-state index is 0.135. The van der Waals surface area contributed by atoms with Crippen LogP contribution in [0.1, 0.15) is 80.8 Å². The fourth-order valence-corrected chi connectivity index (χ4v) is 4.80. The highest BCUT2D eigenvalue weighted by Crippen LogP contribution is 2.31. The Labute approximate surface area is 138 Å². The van der Waals surface area contributed by atoms with E-state index in [0.29, 0.717) is 5.92 Å². The Morgan fingerprint density at radius 1 is 1.04 bits per heavy atom. The Morgan fingerprint density at radius 3 is 2.57 bits per heavy atom. The van der Waals surface area contributed by atoms with Crippen molar-refractivity contribution in [3.63, 3.8) is 0 Å². The van der Waals surface area contributed by atoms with E-state index in [4.69, 9.17) is 4.98 Å². The molecule has 1 aromatic rings. The minimum Gasteiger partial charge on any atom is -0.310 e. The lowest BCUT2D eigenvalue weighted by Gasteiger charge is -2.30. The zero-order valence-electron chi connectivity index (χ0n) is 14.1. The van der Waals surface area contributed by atoms with E-state index in [1.807, 2.05) is 0 Å². The topological polar surface area (TPSA) is 49.0 Å². The monoisotopic (exact) mass is 315 g/mol. The summed E-state index contributed by atoms with van der Waals surface area (Å²) in [5.41, 5.74) is 2.15. The lowest BCUT2D eigenvalue weighted by molar-refractivity contribution is 0.210. The van der Waals surface area contributed by atoms with Crippen molar-refractivity contribution in [1.82, 2.24) is 14.9 Å². The first-order chi connectivity index (χ1) is 11.3. The largest absolute Gasteiger partial charge is 0.310 e. The SMILES string of the molecule is O=c1[nH]c(C2CCCCC2)nc2c1CCN(CC1CCCC1)C2. The molecule has 0 spiro atoms. The Balaban J connectivity index is 1.51. The Hall–Kier alpha value is -1.16. The molecule has 0 radical (unpaired) electrons. The summed E-state index contributed by atoms with van der Waals surface area (Å²) in [5.74, 6) is 2.32. The zero-order valence-corrected chi connectivity index (χ0v) is 14.1. The fourth-order valence-electron chi connectivity index (χ4n) is 4.80. The smallest absolute Gasteiger partial charge is 0.254 e. The number of fused-ring (bicyclic) bond motifs is 1. The molecule has 4 heteroatoms. The van der Waals surface area contributed by atoms with Crippen LogP contribution in [0.15, 0.2) is 4.79 Å². The van der Waals surface area contributed by atoms with Crippen LogP contribution in [0.4, 0.5) is 0 Å². The van der Waals surface area contributed by atoms with Gasteiger partial charge in [0.25, 0.3) is 5.56 Å². The molecule has 2 aliphatic carbocycles. The number of nitrogens with one attached hydrogen (secondary N) is 1. The molecular formula is C19H29N3O. The van der Waals surface area contributed by atoms with Gasteiger partial charge >= 0.3 is 0 Å². The molecule has 0 atom stereocenters. The Bertz CT molecular complexity index is 597. The highest BCUT2D eigenvalue weighted by Gasteiger charge is 2.26. The second kappa shape index (κ2) is 6.76. The molecule has 1 N–H and O–H groups in total. The van der Waals surface area contributed by atoms with E-state index >= 15 is 0 Å². The summed E-state index contributed by atoms with van der Waals surface area (Å²) >= 11 is 0. The molecule has 2 saturated carbocycles. The van der Waals surface area contributed by atoms with Crippen molar-refractivity contribution >= 4 is 0 Å². The molecule has 0 aromatic carbocycles. The lowest BCUT2D eigenvalue weighted by Crippen LogP contribution is -2.38. The highest BCUT2D eigenvalue weighted by molar-refractivity contribution is 5.22. The number of hydrogen-bond acceptors (Lipinski definition) is 3. The van der Waals surface area contributed by atoms with Crippen molar-refractivity contribution in [2.75, 3.05) is 13.1 Å². The Morgan fingerprint density at radius 2 is 1.78 bits per heavy atom. The van der Waals surface area contributed by atoms with Gasteiger partial charge in [-0.2, -0.15) is 0 Å². The molecule has 126 valence electrons. The third kappa shape index (κ3) is 3.37. The van der Waals surface area contributed by atoms with Crippen LogP contribution >= 0.6 is 0 Å². The molecule has 2 heterocycles. The van der Waals surface area contributed by atoms with Gasteiger partial charge in [-0.15, -0.1) is 0 Å². The van der Waals surface area contributed by atoms with Crippen molar-refractivity contribution in [1.29, 1.82) is 0 Å². The number of aromatic nitrogens is 2. The Kier molecular flexibility index (Phi) is 4.52. The third-order valence-electron chi connectivity index (χ3n) is 6.15. The molecule has 0 amide bonds. The van der Waals surface area contributed by atoms with Gasteiger partial charge in [-0.05, 0) is 38.0 Å². The normalized spacial score (nSPS) is 24.0. The van der Waals surface area contributed by atoms with Gasteiger partial charge < -0.3 is 4.98 Å². The summed E-state index contributed by atoms with van der Waals surface area (Å²) < 4.78 is 0. The molecule has 1 aromatic heterocycles. The maximum atomic E-state index is 12.5. The summed E-state index contributed by atoms with van der Waals surface area (Å²) in [6.45, 7) is 3.11. The standard InChI is InChI=1S/C19H29N3O/c23-19-16-10-11-22(12-14-6-4-5-7-14)13-17(16)20-18(21-19)15-8-2-1-3-9-15/h14-15H,1-13H2,(H,20,21,23). The first-order valence-electron chi connectivity index (χ1n) is 9.64. The van der Waals surface area contributed by atoms with E-state index in [2.05, 4.69) is 9.88 Å². The van der Waals surface area contributed by atoms with E-state index in [9.17, 15) is 4.79 Å². The van der Waals surface area contributed by atoms with Gasteiger partial charge in [0.2, 0.25) is 0 Å². The summed E-state index contributed by atoms with van der Waals surface area (Å²) in [7, 11) is 0. The van der Waals surface area contributed by atoms with Crippen LogP contribution in [0.25, 0.3) is 0 Å². The van der Waals surface area contributed by atoms with Crippen molar-refractivity contribution < 1.29 is 0 Å². The lowest BCUT2D eigenvalue weighted by atomic mass is 9.88. The van der Waals surface area contributed by atoms with Crippen LogP contribution in [0.2, 0.25) is 0 Å². The van der Waals surface area contributed by atoms with Crippen LogP contribution in [-0.2, 0) is 13.0 Å². The number of nitrogens with zero attached hydrogens (tertiary/aromatic N) is 2. The maximum absolute atomic E-state index is 12.5. The number of H-pyrrole nitrogens is 1. The van der Waals surface area contributed by atoms with Gasteiger partial charge in [-0.1, -0.05) is 32.1 Å². The van der Waals surface area contributed by atoms with E-state index in [1.165, 1.54) is 64.3 Å². The van der Waals surface area contributed by atoms with Crippen molar-refractivity contribution in [3.05, 3.63) is 27.4 Å². The van der Waals surface area contributed by atoms with Crippen LogP contribution < -0.4 is 5.56 Å². The highest BCUT2D eigenvalue weighted by atomic mass is 16.1. The molecule has 3 aliphatic rings. The van der Waals surface area contributed by atoms with E-state index in [0.717, 1.165) is 42.5 Å². The molecule has 4 nitrogen and oxygen atoms in total. The average molecular weight is 315 g/mol. The van der Waals surface area contributed by atoms with E-state index in [1.54, 1.807) is 0 Å². The van der Waals surface area contributed by atoms with Gasteiger partial charge in [-0.3, -0.25) is 9.69 Å². The summed E-state index contributed by atoms with van der Waals surface area (Å²) in [6, 6.07) is 0. The molecule has 0 saturated heterocycles. The summed E-state index contributed by atoms with van der Waals surface area (Å²) in [5, 5.41) is 0. The summed E-state index contributed by atoms with van der Waals surface area (Å²) in [6.07, 6.45) is 12.7. The summed E-state index contributed by atoms with van der Waals surface area (Å²) in [4.78, 5) is 23.0. The van der Waals surface area contributed by atoms with Crippen LogP contribution in [0, 0.1) is 5.92 Å². The first-order valence-corrected chi connectivity index (χ1v) is 9.64. The second-order valence-corrected chi connectivity index (χ2v) is 7.85. The maximum Gasteiger partial charge on any atom is 0.254 e. The predicted molar refractivity (Wildman–Crippen MR) is 91.6 cm³/mol. The van der Waals surface area contributed by atoms with Gasteiger partial charge in [-0.25, -0.2) is 4.98 Å². The zero-order chi connectivity index (χ0) is 15.6. The fraction of sp³-hybridized carbons (Fsp3) is 0.789. The van der Waals surface area contributed by atoms with Gasteiger partial charge in [0.15, 0.2) is 0 Å². The van der Waals surface area contributed by atoms with Crippen molar-refractivity contribution in [3.8, 4) is 0 Å². The first kappa shape index (κ1) is 15.4. The molecule has 1 aliphatic heterocycles. The van der Waals surface area contributed by atoms with E-state index in [-0.39, 0.29) is 5.56 Å². The molecule has 0 bridgehead atoms. The van der Waals surface area contributed by atoms with Crippen LogP contribution in [0.5, 0.6) is 0 Å². The molecular weight excluding hydrogens is 286 g/mol. The van der Waals surface area contributed by atoms with E-state index < -0.39 is 0 Å². The molecule has 4 rings (SSSR count). The van der Waals surface area contributed by atoms with Gasteiger partial charge in [0.1, 0.15) is 5.82 Å². The van der Waals surface area contributed by atoms with Crippen molar-refractivity contribution in [2.24, 2.45) is 5.92 Å². The quantitative estimate of drug-likeness (QED) is 0.930. The predicted octanol–water partition coefficient (Wildman–Crippen LogP) is 3.37. The molecule has 0 unspecified atom stereocenters. The van der Waals surface area contributed by atoms with Crippen molar-refractivity contribution in [2.45, 2.75) is 76.7 Å². The van der Waals surface area contributed by atoms with Crippen LogP contribution in [0.3, 0.4) is 0 Å². The average Bonchev–Trinajstić information content (AvgIpc) is 3.08. The molecule has 23 heavy (non-hydrogen) atoms. The number of hydrogen-bond donors (Lipinski definition) is 1. The number of aromatic amines is 1. The van der Waals surface area contributed by atoms with Gasteiger partial charge in [0, 0.05) is 31.1 Å². The molecule has 2 fully saturated rings. The van der Waals surface area contributed by atoms with Gasteiger partial charge in [0.05, 0.1) is 5.69 Å². The second-order valence-electron chi connectivity index (χ2n) is 7.85.